The van der Waals surface area contributed by atoms with E-state index < -0.39 is 18.0 Å². The van der Waals surface area contributed by atoms with Crippen LogP contribution in [0.2, 0.25) is 0 Å². The molecule has 1 N–H and O–H groups in total. The predicted octanol–water partition coefficient (Wildman–Crippen LogP) is 2.20. The second kappa shape index (κ2) is 6.63. The van der Waals surface area contributed by atoms with Crippen molar-refractivity contribution in [2.24, 2.45) is 0 Å². The number of ether oxygens (including phenoxy) is 1. The van der Waals surface area contributed by atoms with Gasteiger partial charge in [0.1, 0.15) is 11.1 Å². The van der Waals surface area contributed by atoms with Crippen LogP contribution >= 0.6 is 11.3 Å². The van der Waals surface area contributed by atoms with Crippen LogP contribution in [0.15, 0.2) is 36.0 Å². The lowest BCUT2D eigenvalue weighted by Gasteiger charge is -2.12. The maximum atomic E-state index is 11.9. The Hall–Kier alpha value is -2.72. The first kappa shape index (κ1) is 14.7. The molecule has 0 aliphatic carbocycles. The first-order chi connectivity index (χ1) is 10.1. The van der Waals surface area contributed by atoms with E-state index in [0.717, 1.165) is 0 Å². The summed E-state index contributed by atoms with van der Waals surface area (Å²) in [4.78, 5) is 27.5. The maximum absolute atomic E-state index is 11.9. The van der Waals surface area contributed by atoms with Crippen molar-refractivity contribution in [1.82, 2.24) is 4.98 Å². The van der Waals surface area contributed by atoms with Gasteiger partial charge < -0.3 is 10.1 Å². The van der Waals surface area contributed by atoms with Gasteiger partial charge in [0.2, 0.25) is 0 Å². The fourth-order valence-electron chi connectivity index (χ4n) is 1.47. The van der Waals surface area contributed by atoms with Crippen LogP contribution in [0, 0.1) is 11.3 Å². The standard InChI is InChI=1S/C14H11N3O3S/c1-9(20-14(19)11-3-2-5-16-8-11)12(18)17-13-10(7-15)4-6-21-13/h2-6,8-9H,1H3,(H,17,18). The van der Waals surface area contributed by atoms with Crippen LogP contribution in [0.1, 0.15) is 22.8 Å². The summed E-state index contributed by atoms with van der Waals surface area (Å²) in [6, 6.07) is 6.72. The number of esters is 1. The lowest BCUT2D eigenvalue weighted by atomic mass is 10.3. The van der Waals surface area contributed by atoms with Crippen molar-refractivity contribution in [3.63, 3.8) is 0 Å². The summed E-state index contributed by atoms with van der Waals surface area (Å²) in [7, 11) is 0. The van der Waals surface area contributed by atoms with Gasteiger partial charge in [0.25, 0.3) is 5.91 Å². The van der Waals surface area contributed by atoms with E-state index in [1.807, 2.05) is 6.07 Å². The molecule has 2 heterocycles. The molecule has 0 aliphatic heterocycles. The molecule has 2 rings (SSSR count). The number of rotatable bonds is 4. The van der Waals surface area contributed by atoms with Gasteiger partial charge in [0.05, 0.1) is 11.1 Å². The molecule has 0 fully saturated rings. The van der Waals surface area contributed by atoms with Crippen LogP contribution in [-0.4, -0.2) is 23.0 Å². The average molecular weight is 301 g/mol. The Morgan fingerprint density at radius 1 is 1.48 bits per heavy atom. The van der Waals surface area contributed by atoms with E-state index in [4.69, 9.17) is 10.00 Å². The van der Waals surface area contributed by atoms with E-state index in [-0.39, 0.29) is 5.56 Å². The second-order valence-electron chi connectivity index (χ2n) is 4.05. The molecule has 0 radical (unpaired) electrons. The van der Waals surface area contributed by atoms with Gasteiger partial charge >= 0.3 is 5.97 Å². The number of carbonyl (C=O) groups excluding carboxylic acids is 2. The minimum atomic E-state index is -0.980. The molecule has 0 aliphatic rings. The SMILES string of the molecule is CC(OC(=O)c1cccnc1)C(=O)Nc1sccc1C#N. The fraction of sp³-hybridized carbons (Fsp3) is 0.143. The molecular weight excluding hydrogens is 290 g/mol. The van der Waals surface area contributed by atoms with Gasteiger partial charge in [-0.2, -0.15) is 5.26 Å². The van der Waals surface area contributed by atoms with Crippen molar-refractivity contribution >= 4 is 28.2 Å². The van der Waals surface area contributed by atoms with Crippen molar-refractivity contribution in [2.45, 2.75) is 13.0 Å². The highest BCUT2D eigenvalue weighted by Gasteiger charge is 2.20. The molecule has 0 saturated carbocycles. The molecule has 2 aromatic rings. The number of thiophene rings is 1. The predicted molar refractivity (Wildman–Crippen MR) is 76.8 cm³/mol. The summed E-state index contributed by atoms with van der Waals surface area (Å²) in [5, 5.41) is 13.6. The quantitative estimate of drug-likeness (QED) is 0.874. The van der Waals surface area contributed by atoms with Crippen LogP contribution in [0.25, 0.3) is 0 Å². The molecule has 2 aromatic heterocycles. The largest absolute Gasteiger partial charge is 0.449 e. The van der Waals surface area contributed by atoms with Crippen molar-refractivity contribution in [3.05, 3.63) is 47.1 Å². The van der Waals surface area contributed by atoms with Gasteiger partial charge in [-0.3, -0.25) is 9.78 Å². The Bertz CT molecular complexity index is 691. The van der Waals surface area contributed by atoms with Crippen molar-refractivity contribution in [3.8, 4) is 6.07 Å². The first-order valence-corrected chi connectivity index (χ1v) is 6.89. The third-order valence-corrected chi connectivity index (χ3v) is 3.40. The van der Waals surface area contributed by atoms with Crippen LogP contribution in [-0.2, 0) is 9.53 Å². The van der Waals surface area contributed by atoms with Crippen molar-refractivity contribution in [2.75, 3.05) is 5.32 Å². The van der Waals surface area contributed by atoms with Crippen LogP contribution in [0.4, 0.5) is 5.00 Å². The highest BCUT2D eigenvalue weighted by molar-refractivity contribution is 7.14. The molecule has 21 heavy (non-hydrogen) atoms. The van der Waals surface area contributed by atoms with E-state index in [2.05, 4.69) is 10.3 Å². The Kier molecular flexibility index (Phi) is 4.64. The molecule has 0 saturated heterocycles. The number of pyridine rings is 1. The van der Waals surface area contributed by atoms with Crippen LogP contribution < -0.4 is 5.32 Å². The molecule has 106 valence electrons. The number of nitrogens with zero attached hydrogens (tertiary/aromatic N) is 2. The number of hydrogen-bond donors (Lipinski definition) is 1. The molecule has 1 atom stereocenters. The summed E-state index contributed by atoms with van der Waals surface area (Å²) < 4.78 is 5.05. The number of nitriles is 1. The Morgan fingerprint density at radius 2 is 2.29 bits per heavy atom. The van der Waals surface area contributed by atoms with Crippen molar-refractivity contribution < 1.29 is 14.3 Å². The molecule has 1 amide bonds. The van der Waals surface area contributed by atoms with Gasteiger partial charge in [0.15, 0.2) is 6.10 Å². The summed E-state index contributed by atoms with van der Waals surface area (Å²) in [5.74, 6) is -1.12. The van der Waals surface area contributed by atoms with Gasteiger partial charge in [-0.05, 0) is 30.5 Å². The Balaban J connectivity index is 1.97. The zero-order chi connectivity index (χ0) is 15.2. The third-order valence-electron chi connectivity index (χ3n) is 2.57. The lowest BCUT2D eigenvalue weighted by Crippen LogP contribution is -2.29. The average Bonchev–Trinajstić information content (AvgIpc) is 2.95. The number of hydrogen-bond acceptors (Lipinski definition) is 6. The summed E-state index contributed by atoms with van der Waals surface area (Å²) >= 11 is 1.23. The number of nitrogens with one attached hydrogen (secondary N) is 1. The smallest absolute Gasteiger partial charge is 0.340 e. The van der Waals surface area contributed by atoms with Gasteiger partial charge in [0, 0.05) is 12.4 Å². The number of amides is 1. The monoisotopic (exact) mass is 301 g/mol. The van der Waals surface area contributed by atoms with Crippen molar-refractivity contribution in [1.29, 1.82) is 5.26 Å². The van der Waals surface area contributed by atoms with Gasteiger partial charge in [-0.15, -0.1) is 11.3 Å². The molecule has 0 aromatic carbocycles. The molecule has 0 spiro atoms. The first-order valence-electron chi connectivity index (χ1n) is 6.01. The fourth-order valence-corrected chi connectivity index (χ4v) is 2.21. The van der Waals surface area contributed by atoms with Crippen LogP contribution in [0.5, 0.6) is 0 Å². The van der Waals surface area contributed by atoms with E-state index in [1.165, 1.54) is 30.7 Å². The lowest BCUT2D eigenvalue weighted by molar-refractivity contribution is -0.123. The van der Waals surface area contributed by atoms with E-state index >= 15 is 0 Å². The van der Waals surface area contributed by atoms with E-state index in [9.17, 15) is 9.59 Å². The van der Waals surface area contributed by atoms with Gasteiger partial charge in [-0.1, -0.05) is 0 Å². The summed E-state index contributed by atoms with van der Waals surface area (Å²) in [6.45, 7) is 1.46. The normalized spacial score (nSPS) is 11.2. The summed E-state index contributed by atoms with van der Waals surface area (Å²) in [6.07, 6.45) is 1.92. The number of anilines is 1. The maximum Gasteiger partial charge on any atom is 0.340 e. The highest BCUT2D eigenvalue weighted by Crippen LogP contribution is 2.22. The number of aromatic nitrogens is 1. The second-order valence-corrected chi connectivity index (χ2v) is 4.97. The van der Waals surface area contributed by atoms with E-state index in [0.29, 0.717) is 10.6 Å². The summed E-state index contributed by atoms with van der Waals surface area (Å²) in [5.41, 5.74) is 0.644. The topological polar surface area (TPSA) is 92.1 Å². The molecule has 1 unspecified atom stereocenters. The van der Waals surface area contributed by atoms with Gasteiger partial charge in [-0.25, -0.2) is 4.79 Å². The zero-order valence-corrected chi connectivity index (χ0v) is 11.9. The van der Waals surface area contributed by atoms with E-state index in [1.54, 1.807) is 23.6 Å². The zero-order valence-electron chi connectivity index (χ0n) is 11.1. The minimum absolute atomic E-state index is 0.269. The van der Waals surface area contributed by atoms with Crippen LogP contribution in [0.3, 0.4) is 0 Å². The molecule has 7 heteroatoms. The Morgan fingerprint density at radius 3 is 2.95 bits per heavy atom. The minimum Gasteiger partial charge on any atom is -0.449 e. The molecule has 0 bridgehead atoms. The highest BCUT2D eigenvalue weighted by atomic mass is 32.1. The molecular formula is C14H11N3O3S. The Labute approximate surface area is 125 Å². The number of carbonyl (C=O) groups is 2. The third kappa shape index (κ3) is 3.64. The molecule has 6 nitrogen and oxygen atoms in total.